The van der Waals surface area contributed by atoms with Crippen molar-refractivity contribution < 1.29 is 14.3 Å². The largest absolute Gasteiger partial charge is 0.379 e. The van der Waals surface area contributed by atoms with Crippen molar-refractivity contribution in [2.75, 3.05) is 52.5 Å². The minimum Gasteiger partial charge on any atom is -0.379 e. The second kappa shape index (κ2) is 9.85. The van der Waals surface area contributed by atoms with Crippen LogP contribution >= 0.6 is 0 Å². The molecule has 0 bridgehead atoms. The van der Waals surface area contributed by atoms with Gasteiger partial charge in [-0.2, -0.15) is 0 Å². The molecule has 0 radical (unpaired) electrons. The van der Waals surface area contributed by atoms with Gasteiger partial charge in [-0.3, -0.25) is 14.5 Å². The number of carbonyl (C=O) groups excluding carboxylic acids is 2. The topological polar surface area (TPSA) is 61.9 Å². The third kappa shape index (κ3) is 5.78. The molecule has 6 heteroatoms. The number of benzene rings is 1. The number of rotatable bonds is 8. The molecule has 0 unspecified atom stereocenters. The Morgan fingerprint density at radius 3 is 2.70 bits per heavy atom. The number of nitrogens with one attached hydrogen (secondary N) is 1. The third-order valence-corrected chi connectivity index (χ3v) is 5.62. The number of hydrogen-bond acceptors (Lipinski definition) is 4. The Morgan fingerprint density at radius 2 is 1.96 bits per heavy atom. The lowest BCUT2D eigenvalue weighted by Gasteiger charge is -2.28. The summed E-state index contributed by atoms with van der Waals surface area (Å²) in [7, 11) is 0. The van der Waals surface area contributed by atoms with Gasteiger partial charge in [-0.05, 0) is 17.9 Å². The van der Waals surface area contributed by atoms with Crippen LogP contribution in [-0.2, 0) is 14.3 Å². The molecule has 3 rings (SSSR count). The molecule has 2 amide bonds. The maximum atomic E-state index is 12.4. The lowest BCUT2D eigenvalue weighted by atomic mass is 9.98. The van der Waals surface area contributed by atoms with E-state index in [1.54, 1.807) is 0 Å². The summed E-state index contributed by atoms with van der Waals surface area (Å²) >= 11 is 0. The second-order valence-corrected chi connectivity index (χ2v) is 7.59. The van der Waals surface area contributed by atoms with E-state index in [0.717, 1.165) is 39.3 Å². The molecule has 2 aliphatic heterocycles. The first kappa shape index (κ1) is 19.8. The van der Waals surface area contributed by atoms with E-state index < -0.39 is 0 Å². The Balaban J connectivity index is 1.37. The van der Waals surface area contributed by atoms with Crippen molar-refractivity contribution in [1.29, 1.82) is 0 Å². The molecular weight excluding hydrogens is 342 g/mol. The Hall–Kier alpha value is -1.92. The zero-order valence-corrected chi connectivity index (χ0v) is 16.2. The smallest absolute Gasteiger partial charge is 0.225 e. The summed E-state index contributed by atoms with van der Waals surface area (Å²) in [5.74, 6) is 0.300. The quantitative estimate of drug-likeness (QED) is 0.750. The summed E-state index contributed by atoms with van der Waals surface area (Å²) in [6.07, 6.45) is 1.24. The molecule has 0 spiro atoms. The number of carbonyl (C=O) groups is 2. The van der Waals surface area contributed by atoms with E-state index in [0.29, 0.717) is 32.0 Å². The molecule has 6 nitrogen and oxygen atoms in total. The number of nitrogens with zero attached hydrogens (tertiary/aromatic N) is 2. The van der Waals surface area contributed by atoms with Crippen LogP contribution in [0, 0.1) is 5.92 Å². The van der Waals surface area contributed by atoms with E-state index in [-0.39, 0.29) is 17.7 Å². The molecule has 27 heavy (non-hydrogen) atoms. The number of likely N-dealkylation sites (tertiary alicyclic amines) is 1. The van der Waals surface area contributed by atoms with Crippen LogP contribution in [0.1, 0.15) is 31.2 Å². The van der Waals surface area contributed by atoms with Crippen LogP contribution in [0.15, 0.2) is 30.3 Å². The van der Waals surface area contributed by atoms with Crippen molar-refractivity contribution in [3.8, 4) is 0 Å². The van der Waals surface area contributed by atoms with E-state index in [9.17, 15) is 9.59 Å². The molecule has 0 aliphatic carbocycles. The molecule has 2 fully saturated rings. The first-order valence-electron chi connectivity index (χ1n) is 10.0. The zero-order chi connectivity index (χ0) is 19.1. The van der Waals surface area contributed by atoms with Crippen LogP contribution in [0.4, 0.5) is 0 Å². The second-order valence-electron chi connectivity index (χ2n) is 7.59. The maximum Gasteiger partial charge on any atom is 0.225 e. The van der Waals surface area contributed by atoms with Gasteiger partial charge in [-0.15, -0.1) is 0 Å². The van der Waals surface area contributed by atoms with Gasteiger partial charge in [0.25, 0.3) is 0 Å². The molecule has 0 saturated carbocycles. The predicted octanol–water partition coefficient (Wildman–Crippen LogP) is 1.48. The SMILES string of the molecule is C[C@H](CCNC(=O)[C@@H]1CC(=O)N(CCN2CCOCC2)C1)c1ccccc1. The first-order valence-corrected chi connectivity index (χ1v) is 10.0. The highest BCUT2D eigenvalue weighted by atomic mass is 16.5. The fourth-order valence-electron chi connectivity index (χ4n) is 3.76. The van der Waals surface area contributed by atoms with E-state index in [4.69, 9.17) is 4.74 Å². The number of amides is 2. The molecule has 2 saturated heterocycles. The number of ether oxygens (including phenoxy) is 1. The highest BCUT2D eigenvalue weighted by Crippen LogP contribution is 2.20. The van der Waals surface area contributed by atoms with Gasteiger partial charge in [-0.25, -0.2) is 0 Å². The monoisotopic (exact) mass is 373 g/mol. The first-order chi connectivity index (χ1) is 13.1. The standard InChI is InChI=1S/C21H31N3O3/c1-17(18-5-3-2-4-6-18)7-8-22-21(26)19-15-20(25)24(16-19)10-9-23-11-13-27-14-12-23/h2-6,17,19H,7-16H2,1H3,(H,22,26)/t17-,19-/m1/s1. The van der Waals surface area contributed by atoms with Crippen molar-refractivity contribution in [3.05, 3.63) is 35.9 Å². The maximum absolute atomic E-state index is 12.4. The van der Waals surface area contributed by atoms with Crippen LogP contribution in [0.2, 0.25) is 0 Å². The summed E-state index contributed by atoms with van der Waals surface area (Å²) in [6, 6.07) is 10.3. The van der Waals surface area contributed by atoms with Gasteiger partial charge in [-0.1, -0.05) is 37.3 Å². The molecule has 1 aromatic carbocycles. The zero-order valence-electron chi connectivity index (χ0n) is 16.2. The average Bonchev–Trinajstić information content (AvgIpc) is 3.08. The molecule has 1 N–H and O–H groups in total. The lowest BCUT2D eigenvalue weighted by molar-refractivity contribution is -0.129. The van der Waals surface area contributed by atoms with Crippen molar-refractivity contribution in [3.63, 3.8) is 0 Å². The summed E-state index contributed by atoms with van der Waals surface area (Å²) in [4.78, 5) is 28.8. The molecule has 2 heterocycles. The molecular formula is C21H31N3O3. The van der Waals surface area contributed by atoms with Crippen molar-refractivity contribution >= 4 is 11.8 Å². The Labute approximate surface area is 161 Å². The van der Waals surface area contributed by atoms with Gasteiger partial charge in [0.1, 0.15) is 0 Å². The van der Waals surface area contributed by atoms with Gasteiger partial charge in [0.15, 0.2) is 0 Å². The normalized spacial score (nSPS) is 22.0. The van der Waals surface area contributed by atoms with Crippen LogP contribution in [0.5, 0.6) is 0 Å². The fourth-order valence-corrected chi connectivity index (χ4v) is 3.76. The van der Waals surface area contributed by atoms with Gasteiger partial charge >= 0.3 is 0 Å². The summed E-state index contributed by atoms with van der Waals surface area (Å²) < 4.78 is 5.35. The molecule has 0 aromatic heterocycles. The third-order valence-electron chi connectivity index (χ3n) is 5.62. The average molecular weight is 373 g/mol. The van der Waals surface area contributed by atoms with E-state index in [1.165, 1.54) is 5.56 Å². The van der Waals surface area contributed by atoms with Crippen LogP contribution in [0.3, 0.4) is 0 Å². The minimum absolute atomic E-state index is 0.0116. The van der Waals surface area contributed by atoms with E-state index >= 15 is 0 Å². The Morgan fingerprint density at radius 1 is 1.22 bits per heavy atom. The van der Waals surface area contributed by atoms with Crippen LogP contribution in [-0.4, -0.2) is 74.1 Å². The summed E-state index contributed by atoms with van der Waals surface area (Å²) in [5.41, 5.74) is 1.29. The lowest BCUT2D eigenvalue weighted by Crippen LogP contribution is -2.42. The molecule has 148 valence electrons. The van der Waals surface area contributed by atoms with Gasteiger partial charge in [0.2, 0.25) is 11.8 Å². The molecule has 2 atom stereocenters. The van der Waals surface area contributed by atoms with Crippen molar-refractivity contribution in [1.82, 2.24) is 15.1 Å². The molecule has 2 aliphatic rings. The van der Waals surface area contributed by atoms with E-state index in [2.05, 4.69) is 29.3 Å². The van der Waals surface area contributed by atoms with Gasteiger partial charge in [0, 0.05) is 45.7 Å². The summed E-state index contributed by atoms with van der Waals surface area (Å²) in [5, 5.41) is 3.03. The molecule has 1 aromatic rings. The minimum atomic E-state index is -0.214. The van der Waals surface area contributed by atoms with Crippen molar-refractivity contribution in [2.45, 2.75) is 25.7 Å². The summed E-state index contributed by atoms with van der Waals surface area (Å²) in [6.45, 7) is 8.30. The van der Waals surface area contributed by atoms with Gasteiger partial charge in [0.05, 0.1) is 19.1 Å². The van der Waals surface area contributed by atoms with Crippen molar-refractivity contribution in [2.24, 2.45) is 5.92 Å². The van der Waals surface area contributed by atoms with Crippen LogP contribution in [0.25, 0.3) is 0 Å². The Bertz CT molecular complexity index is 616. The van der Waals surface area contributed by atoms with Gasteiger partial charge < -0.3 is 15.0 Å². The predicted molar refractivity (Wildman–Crippen MR) is 104 cm³/mol. The van der Waals surface area contributed by atoms with Crippen LogP contribution < -0.4 is 5.32 Å². The highest BCUT2D eigenvalue weighted by Gasteiger charge is 2.34. The highest BCUT2D eigenvalue weighted by molar-refractivity contribution is 5.89. The number of morpholine rings is 1. The fraction of sp³-hybridized carbons (Fsp3) is 0.619. The number of hydrogen-bond donors (Lipinski definition) is 1. The Kier molecular flexibility index (Phi) is 7.24. The van der Waals surface area contributed by atoms with E-state index in [1.807, 2.05) is 23.1 Å².